The monoisotopic (exact) mass is 315 g/mol. The molecule has 0 saturated heterocycles. The molecule has 94 valence electrons. The van der Waals surface area contributed by atoms with E-state index in [1.54, 1.807) is 11.3 Å². The highest BCUT2D eigenvalue weighted by Gasteiger charge is 2.18. The second-order valence-electron chi connectivity index (χ2n) is 4.92. The summed E-state index contributed by atoms with van der Waals surface area (Å²) in [6, 6.07) is 2.26. The standard InChI is InChI=1S/C13H18BrNOS/c1-9-3-2-4-11(6-5-9)15-13(16)10-7-12(14)17-8-10/h7-9,11H,2-6H2,1H3,(H,15,16). The normalized spacial score (nSPS) is 25.3. The maximum Gasteiger partial charge on any atom is 0.252 e. The van der Waals surface area contributed by atoms with E-state index < -0.39 is 0 Å². The number of hydrogen-bond donors (Lipinski definition) is 1. The fourth-order valence-corrected chi connectivity index (χ4v) is 3.47. The van der Waals surface area contributed by atoms with Gasteiger partial charge >= 0.3 is 0 Å². The molecular formula is C13H18BrNOS. The molecule has 0 radical (unpaired) electrons. The number of halogens is 1. The average molecular weight is 316 g/mol. The molecule has 0 aromatic carbocycles. The molecule has 1 heterocycles. The molecule has 17 heavy (non-hydrogen) atoms. The van der Waals surface area contributed by atoms with Crippen LogP contribution in [0.1, 0.15) is 49.4 Å². The Hall–Kier alpha value is -0.350. The van der Waals surface area contributed by atoms with Gasteiger partial charge < -0.3 is 5.32 Å². The van der Waals surface area contributed by atoms with E-state index in [4.69, 9.17) is 0 Å². The number of hydrogen-bond acceptors (Lipinski definition) is 2. The van der Waals surface area contributed by atoms with Crippen molar-refractivity contribution >= 4 is 33.2 Å². The lowest BCUT2D eigenvalue weighted by Crippen LogP contribution is -2.34. The number of thiophene rings is 1. The van der Waals surface area contributed by atoms with Crippen molar-refractivity contribution in [1.82, 2.24) is 5.32 Å². The second kappa shape index (κ2) is 6.01. The minimum atomic E-state index is 0.0755. The molecule has 1 aliphatic rings. The van der Waals surface area contributed by atoms with Crippen molar-refractivity contribution < 1.29 is 4.79 Å². The van der Waals surface area contributed by atoms with Gasteiger partial charge in [-0.05, 0) is 47.2 Å². The molecule has 1 aromatic rings. The molecule has 2 rings (SSSR count). The second-order valence-corrected chi connectivity index (χ2v) is 7.21. The van der Waals surface area contributed by atoms with Gasteiger partial charge in [0.05, 0.1) is 9.35 Å². The summed E-state index contributed by atoms with van der Waals surface area (Å²) in [4.78, 5) is 12.0. The van der Waals surface area contributed by atoms with Crippen molar-refractivity contribution in [3.8, 4) is 0 Å². The lowest BCUT2D eigenvalue weighted by atomic mass is 10.0. The first kappa shape index (κ1) is 13.1. The van der Waals surface area contributed by atoms with E-state index in [0.29, 0.717) is 6.04 Å². The molecule has 2 atom stereocenters. The quantitative estimate of drug-likeness (QED) is 0.814. The summed E-state index contributed by atoms with van der Waals surface area (Å²) in [6.45, 7) is 2.31. The number of rotatable bonds is 2. The summed E-state index contributed by atoms with van der Waals surface area (Å²) < 4.78 is 1.01. The van der Waals surface area contributed by atoms with E-state index in [2.05, 4.69) is 28.2 Å². The van der Waals surface area contributed by atoms with E-state index >= 15 is 0 Å². The molecular weight excluding hydrogens is 298 g/mol. The van der Waals surface area contributed by atoms with E-state index in [0.717, 1.165) is 28.1 Å². The number of carbonyl (C=O) groups excluding carboxylic acids is 1. The smallest absolute Gasteiger partial charge is 0.252 e. The summed E-state index contributed by atoms with van der Waals surface area (Å²) in [6.07, 6.45) is 6.02. The van der Waals surface area contributed by atoms with Crippen LogP contribution in [-0.2, 0) is 0 Å². The van der Waals surface area contributed by atoms with Crippen molar-refractivity contribution in [3.05, 3.63) is 20.8 Å². The van der Waals surface area contributed by atoms with Gasteiger partial charge in [0, 0.05) is 11.4 Å². The Kier molecular flexibility index (Phi) is 4.62. The average Bonchev–Trinajstić information content (AvgIpc) is 2.62. The molecule has 1 aliphatic carbocycles. The molecule has 0 bridgehead atoms. The van der Waals surface area contributed by atoms with Crippen LogP contribution in [0, 0.1) is 5.92 Å². The van der Waals surface area contributed by atoms with Gasteiger partial charge in [0.15, 0.2) is 0 Å². The Morgan fingerprint density at radius 3 is 2.94 bits per heavy atom. The third-order valence-electron chi connectivity index (χ3n) is 3.42. The van der Waals surface area contributed by atoms with E-state index in [1.165, 1.54) is 19.3 Å². The van der Waals surface area contributed by atoms with Crippen LogP contribution in [0.25, 0.3) is 0 Å². The molecule has 4 heteroatoms. The van der Waals surface area contributed by atoms with Crippen molar-refractivity contribution in [1.29, 1.82) is 0 Å². The highest BCUT2D eigenvalue weighted by atomic mass is 79.9. The highest BCUT2D eigenvalue weighted by molar-refractivity contribution is 9.11. The number of nitrogens with one attached hydrogen (secondary N) is 1. The Labute approximate surface area is 115 Å². The zero-order valence-corrected chi connectivity index (χ0v) is 12.4. The van der Waals surface area contributed by atoms with Crippen LogP contribution in [-0.4, -0.2) is 11.9 Å². The predicted molar refractivity (Wildman–Crippen MR) is 75.5 cm³/mol. The molecule has 0 aliphatic heterocycles. The van der Waals surface area contributed by atoms with Crippen molar-refractivity contribution in [3.63, 3.8) is 0 Å². The van der Waals surface area contributed by atoms with Crippen LogP contribution >= 0.6 is 27.3 Å². The zero-order valence-electron chi connectivity index (χ0n) is 10.0. The number of carbonyl (C=O) groups is 1. The van der Waals surface area contributed by atoms with Gasteiger partial charge in [-0.25, -0.2) is 0 Å². The van der Waals surface area contributed by atoms with Crippen LogP contribution in [0.15, 0.2) is 15.2 Å². The molecule has 2 unspecified atom stereocenters. The fraction of sp³-hybridized carbons (Fsp3) is 0.615. The molecule has 0 spiro atoms. The van der Waals surface area contributed by atoms with E-state index in [-0.39, 0.29) is 5.91 Å². The van der Waals surface area contributed by atoms with Crippen molar-refractivity contribution in [2.24, 2.45) is 5.92 Å². The van der Waals surface area contributed by atoms with Crippen molar-refractivity contribution in [2.75, 3.05) is 0 Å². The summed E-state index contributed by atoms with van der Waals surface area (Å²) in [5.74, 6) is 0.888. The molecule has 1 N–H and O–H groups in total. The van der Waals surface area contributed by atoms with E-state index in [9.17, 15) is 4.79 Å². The third-order valence-corrected chi connectivity index (χ3v) is 4.93. The molecule has 2 nitrogen and oxygen atoms in total. The Bertz CT molecular complexity index is 391. The minimum Gasteiger partial charge on any atom is -0.349 e. The topological polar surface area (TPSA) is 29.1 Å². The maximum absolute atomic E-state index is 12.0. The summed E-state index contributed by atoms with van der Waals surface area (Å²) in [5, 5.41) is 5.06. The molecule has 1 saturated carbocycles. The number of amides is 1. The summed E-state index contributed by atoms with van der Waals surface area (Å²) >= 11 is 4.94. The van der Waals surface area contributed by atoms with Gasteiger partial charge in [-0.3, -0.25) is 4.79 Å². The lowest BCUT2D eigenvalue weighted by molar-refractivity contribution is 0.0933. The first-order valence-corrected chi connectivity index (χ1v) is 7.87. The van der Waals surface area contributed by atoms with Gasteiger partial charge in [0.25, 0.3) is 5.91 Å². The van der Waals surface area contributed by atoms with E-state index in [1.807, 2.05) is 11.4 Å². The molecule has 1 fully saturated rings. The Balaban J connectivity index is 1.90. The Morgan fingerprint density at radius 2 is 2.24 bits per heavy atom. The third kappa shape index (κ3) is 3.81. The van der Waals surface area contributed by atoms with Crippen LogP contribution in [0.5, 0.6) is 0 Å². The van der Waals surface area contributed by atoms with Gasteiger partial charge in [-0.15, -0.1) is 11.3 Å². The zero-order chi connectivity index (χ0) is 12.3. The van der Waals surface area contributed by atoms with Gasteiger partial charge in [-0.1, -0.05) is 19.8 Å². The Morgan fingerprint density at radius 1 is 1.41 bits per heavy atom. The van der Waals surface area contributed by atoms with Crippen molar-refractivity contribution in [2.45, 2.75) is 45.1 Å². The van der Waals surface area contributed by atoms with Crippen LogP contribution < -0.4 is 5.32 Å². The van der Waals surface area contributed by atoms with Gasteiger partial charge in [-0.2, -0.15) is 0 Å². The highest BCUT2D eigenvalue weighted by Crippen LogP contribution is 2.24. The summed E-state index contributed by atoms with van der Waals surface area (Å²) in [7, 11) is 0. The summed E-state index contributed by atoms with van der Waals surface area (Å²) in [5.41, 5.74) is 0.777. The first-order valence-electron chi connectivity index (χ1n) is 6.20. The first-order chi connectivity index (χ1) is 8.15. The molecule has 1 aromatic heterocycles. The lowest BCUT2D eigenvalue weighted by Gasteiger charge is -2.15. The largest absolute Gasteiger partial charge is 0.349 e. The van der Waals surface area contributed by atoms with Crippen LogP contribution in [0.4, 0.5) is 0 Å². The predicted octanol–water partition coefficient (Wildman–Crippen LogP) is 4.21. The maximum atomic E-state index is 12.0. The van der Waals surface area contributed by atoms with Gasteiger partial charge in [0.1, 0.15) is 0 Å². The molecule has 1 amide bonds. The fourth-order valence-electron chi connectivity index (χ4n) is 2.33. The van der Waals surface area contributed by atoms with Gasteiger partial charge in [0.2, 0.25) is 0 Å². The van der Waals surface area contributed by atoms with Crippen LogP contribution in [0.2, 0.25) is 0 Å². The minimum absolute atomic E-state index is 0.0755. The van der Waals surface area contributed by atoms with Crippen LogP contribution in [0.3, 0.4) is 0 Å². The SMILES string of the molecule is CC1CCCC(NC(=O)c2csc(Br)c2)CC1.